The van der Waals surface area contributed by atoms with Gasteiger partial charge in [0.1, 0.15) is 0 Å². The molecule has 1 aromatic rings. The molecule has 0 saturated heterocycles. The van der Waals surface area contributed by atoms with Gasteiger partial charge in [-0.1, -0.05) is 25.2 Å². The fourth-order valence-corrected chi connectivity index (χ4v) is 2.46. The van der Waals surface area contributed by atoms with E-state index in [9.17, 15) is 4.79 Å². The highest BCUT2D eigenvalue weighted by molar-refractivity contribution is 7.17. The van der Waals surface area contributed by atoms with Crippen LogP contribution in [0.2, 0.25) is 0 Å². The molecule has 0 fully saturated rings. The Morgan fingerprint density at radius 3 is 2.71 bits per heavy atom. The normalized spacial score (nSPS) is 10.9. The molecule has 17 heavy (non-hydrogen) atoms. The van der Waals surface area contributed by atoms with Gasteiger partial charge in [-0.25, -0.2) is 4.98 Å². The first-order valence-corrected chi connectivity index (χ1v) is 6.56. The molecule has 0 atom stereocenters. The van der Waals surface area contributed by atoms with Gasteiger partial charge < -0.3 is 9.64 Å². The lowest BCUT2D eigenvalue weighted by molar-refractivity contribution is 0.112. The molecule has 5 heteroatoms. The highest BCUT2D eigenvalue weighted by Gasteiger charge is 2.14. The van der Waals surface area contributed by atoms with E-state index in [0.29, 0.717) is 17.4 Å². The fraction of sp³-hybridized carbons (Fsp3) is 0.667. The van der Waals surface area contributed by atoms with Crippen molar-refractivity contribution in [3.63, 3.8) is 0 Å². The monoisotopic (exact) mass is 256 g/mol. The Bertz CT molecular complexity index is 363. The van der Waals surface area contributed by atoms with Crippen molar-refractivity contribution in [3.8, 4) is 0 Å². The van der Waals surface area contributed by atoms with Gasteiger partial charge in [0.15, 0.2) is 11.4 Å². The van der Waals surface area contributed by atoms with Crippen LogP contribution in [-0.4, -0.2) is 38.1 Å². The second-order valence-electron chi connectivity index (χ2n) is 4.40. The van der Waals surface area contributed by atoms with Crippen LogP contribution in [0.25, 0.3) is 0 Å². The third kappa shape index (κ3) is 4.09. The first-order valence-electron chi connectivity index (χ1n) is 5.75. The number of aldehydes is 1. The number of nitrogens with zero attached hydrogens (tertiary/aromatic N) is 2. The minimum absolute atomic E-state index is 0.552. The van der Waals surface area contributed by atoms with E-state index in [1.165, 1.54) is 11.3 Å². The van der Waals surface area contributed by atoms with Crippen LogP contribution in [0.3, 0.4) is 0 Å². The number of aromatic nitrogens is 1. The zero-order chi connectivity index (χ0) is 12.8. The fourth-order valence-electron chi connectivity index (χ4n) is 1.55. The summed E-state index contributed by atoms with van der Waals surface area (Å²) in [7, 11) is 1.69. The summed E-state index contributed by atoms with van der Waals surface area (Å²) in [5, 5.41) is 0.912. The zero-order valence-electron chi connectivity index (χ0n) is 10.9. The topological polar surface area (TPSA) is 42.4 Å². The average molecular weight is 256 g/mol. The van der Waals surface area contributed by atoms with Crippen LogP contribution in [0.4, 0.5) is 5.13 Å². The van der Waals surface area contributed by atoms with Gasteiger partial charge in [0.05, 0.1) is 17.2 Å². The molecule has 0 aliphatic rings. The van der Waals surface area contributed by atoms with Crippen molar-refractivity contribution in [1.82, 2.24) is 4.98 Å². The predicted octanol–water partition coefficient (Wildman–Crippen LogP) is 2.37. The largest absolute Gasteiger partial charge is 0.383 e. The molecule has 1 aromatic heterocycles. The Hall–Kier alpha value is -0.940. The number of anilines is 1. The van der Waals surface area contributed by atoms with Gasteiger partial charge in [-0.3, -0.25) is 4.79 Å². The molecule has 1 heterocycles. The van der Waals surface area contributed by atoms with Crippen molar-refractivity contribution in [2.75, 3.05) is 31.7 Å². The Morgan fingerprint density at radius 1 is 1.53 bits per heavy atom. The van der Waals surface area contributed by atoms with Gasteiger partial charge in [0, 0.05) is 20.2 Å². The molecule has 0 bridgehead atoms. The van der Waals surface area contributed by atoms with E-state index >= 15 is 0 Å². The molecule has 4 nitrogen and oxygen atoms in total. The number of carbonyl (C=O) groups excluding carboxylic acids is 1. The number of methoxy groups -OCH3 is 1. The Labute approximate surface area is 107 Å². The van der Waals surface area contributed by atoms with Gasteiger partial charge in [-0.2, -0.15) is 0 Å². The standard InChI is InChI=1S/C12H20N2O2S/c1-9(2)7-14(5-6-16-4)12-13-10(3)11(8-15)17-12/h8-9H,5-7H2,1-4H3. The number of hydrogen-bond donors (Lipinski definition) is 0. The Balaban J connectivity index is 2.82. The van der Waals surface area contributed by atoms with E-state index in [0.717, 1.165) is 30.2 Å². The van der Waals surface area contributed by atoms with E-state index < -0.39 is 0 Å². The van der Waals surface area contributed by atoms with E-state index in [2.05, 4.69) is 23.7 Å². The Kier molecular flexibility index (Phi) is 5.58. The molecule has 0 unspecified atom stereocenters. The van der Waals surface area contributed by atoms with Crippen molar-refractivity contribution in [3.05, 3.63) is 10.6 Å². The number of ether oxygens (including phenoxy) is 1. The van der Waals surface area contributed by atoms with Gasteiger partial charge >= 0.3 is 0 Å². The van der Waals surface area contributed by atoms with Gasteiger partial charge in [0.25, 0.3) is 0 Å². The lowest BCUT2D eigenvalue weighted by Gasteiger charge is -2.23. The molecular formula is C12H20N2O2S. The number of carbonyl (C=O) groups is 1. The van der Waals surface area contributed by atoms with E-state index in [-0.39, 0.29) is 0 Å². The molecule has 1 rings (SSSR count). The molecule has 0 aliphatic carbocycles. The number of aryl methyl sites for hydroxylation is 1. The van der Waals surface area contributed by atoms with Crippen LogP contribution in [0.1, 0.15) is 29.2 Å². The highest BCUT2D eigenvalue weighted by atomic mass is 32.1. The molecule has 0 aromatic carbocycles. The van der Waals surface area contributed by atoms with E-state index in [4.69, 9.17) is 4.74 Å². The second-order valence-corrected chi connectivity index (χ2v) is 5.41. The van der Waals surface area contributed by atoms with Crippen LogP contribution in [-0.2, 0) is 4.74 Å². The van der Waals surface area contributed by atoms with Crippen LogP contribution >= 0.6 is 11.3 Å². The number of thiazole rings is 1. The smallest absolute Gasteiger partial charge is 0.186 e. The predicted molar refractivity (Wildman–Crippen MR) is 71.2 cm³/mol. The van der Waals surface area contributed by atoms with Crippen molar-refractivity contribution in [2.24, 2.45) is 5.92 Å². The third-order valence-corrected chi connectivity index (χ3v) is 3.49. The van der Waals surface area contributed by atoms with E-state index in [1.807, 2.05) is 6.92 Å². The second kappa shape index (κ2) is 6.71. The summed E-state index contributed by atoms with van der Waals surface area (Å²) in [6.07, 6.45) is 0.875. The van der Waals surface area contributed by atoms with Crippen LogP contribution in [0, 0.1) is 12.8 Å². The summed E-state index contributed by atoms with van der Waals surface area (Å²) in [6, 6.07) is 0. The van der Waals surface area contributed by atoms with Gasteiger partial charge in [-0.05, 0) is 12.8 Å². The number of hydrogen-bond acceptors (Lipinski definition) is 5. The maximum absolute atomic E-state index is 10.8. The van der Waals surface area contributed by atoms with Crippen LogP contribution in [0.15, 0.2) is 0 Å². The van der Waals surface area contributed by atoms with Crippen molar-refractivity contribution in [2.45, 2.75) is 20.8 Å². The summed E-state index contributed by atoms with van der Waals surface area (Å²) in [5.41, 5.74) is 0.811. The first kappa shape index (κ1) is 14.1. The molecule has 0 aliphatic heterocycles. The van der Waals surface area contributed by atoms with Gasteiger partial charge in [-0.15, -0.1) is 0 Å². The van der Waals surface area contributed by atoms with Crippen LogP contribution < -0.4 is 4.90 Å². The summed E-state index contributed by atoms with van der Waals surface area (Å²) in [6.45, 7) is 8.60. The molecule has 0 amide bonds. The molecule has 0 N–H and O–H groups in total. The summed E-state index contributed by atoms with van der Waals surface area (Å²) < 4.78 is 5.10. The average Bonchev–Trinajstić information content (AvgIpc) is 2.65. The maximum atomic E-state index is 10.8. The number of rotatable bonds is 7. The van der Waals surface area contributed by atoms with Crippen molar-refractivity contribution in [1.29, 1.82) is 0 Å². The quantitative estimate of drug-likeness (QED) is 0.702. The van der Waals surface area contributed by atoms with E-state index in [1.54, 1.807) is 7.11 Å². The lowest BCUT2D eigenvalue weighted by Crippen LogP contribution is -2.30. The molecule has 0 radical (unpaired) electrons. The summed E-state index contributed by atoms with van der Waals surface area (Å²) >= 11 is 1.45. The molecular weight excluding hydrogens is 236 g/mol. The van der Waals surface area contributed by atoms with Crippen LogP contribution in [0.5, 0.6) is 0 Å². The SMILES string of the molecule is COCCN(CC(C)C)c1nc(C)c(C=O)s1. The molecule has 96 valence electrons. The minimum atomic E-state index is 0.552. The van der Waals surface area contributed by atoms with Gasteiger partial charge in [0.2, 0.25) is 0 Å². The van der Waals surface area contributed by atoms with Crippen molar-refractivity contribution < 1.29 is 9.53 Å². The summed E-state index contributed by atoms with van der Waals surface area (Å²) in [5.74, 6) is 0.552. The minimum Gasteiger partial charge on any atom is -0.383 e. The molecule has 0 spiro atoms. The highest BCUT2D eigenvalue weighted by Crippen LogP contribution is 2.25. The summed E-state index contributed by atoms with van der Waals surface area (Å²) in [4.78, 5) is 18.2. The van der Waals surface area contributed by atoms with Crippen molar-refractivity contribution >= 4 is 22.8 Å². The third-order valence-electron chi connectivity index (χ3n) is 2.35. The lowest BCUT2D eigenvalue weighted by atomic mass is 10.2. The zero-order valence-corrected chi connectivity index (χ0v) is 11.7. The Morgan fingerprint density at radius 2 is 2.24 bits per heavy atom. The first-order chi connectivity index (χ1) is 8.08. The maximum Gasteiger partial charge on any atom is 0.186 e. The molecule has 0 saturated carbocycles.